The SMILES string of the molecule is Cc1ccc2[nH]cc(C(C(=O)NC3CCC3)N(C(=O)CCc3ncccn3)[C@@H](C)c3ccncc3)c2c1. The van der Waals surface area contributed by atoms with E-state index in [1.54, 1.807) is 35.8 Å². The number of rotatable bonds is 9. The average molecular weight is 497 g/mol. The highest BCUT2D eigenvalue weighted by molar-refractivity contribution is 5.95. The molecule has 1 aliphatic rings. The standard InChI is InChI=1S/C29H32N6O2/c1-19-7-8-25-23(17-19)24(18-33-25)28(29(37)34-22-5-3-6-22)35(20(2)21-11-15-30-16-12-21)27(36)10-9-26-31-13-4-14-32-26/h4,7-8,11-18,20,22,28,33H,3,5-6,9-10H2,1-2H3,(H,34,37)/t20-,28?/m0/s1. The first kappa shape index (κ1) is 24.6. The Morgan fingerprint density at radius 1 is 1.11 bits per heavy atom. The number of nitrogens with zero attached hydrogens (tertiary/aromatic N) is 4. The fraction of sp³-hybridized carbons (Fsp3) is 0.345. The van der Waals surface area contributed by atoms with Gasteiger partial charge in [-0.15, -0.1) is 0 Å². The smallest absolute Gasteiger partial charge is 0.247 e. The molecular formula is C29H32N6O2. The Bertz CT molecular complexity index is 1370. The topological polar surface area (TPSA) is 104 Å². The molecule has 0 aliphatic heterocycles. The summed E-state index contributed by atoms with van der Waals surface area (Å²) in [5.74, 6) is 0.315. The van der Waals surface area contributed by atoms with Gasteiger partial charge in [0.05, 0.1) is 6.04 Å². The second-order valence-electron chi connectivity index (χ2n) is 9.75. The number of hydrogen-bond acceptors (Lipinski definition) is 5. The van der Waals surface area contributed by atoms with E-state index in [0.29, 0.717) is 12.2 Å². The summed E-state index contributed by atoms with van der Waals surface area (Å²) in [5.41, 5.74) is 3.73. The van der Waals surface area contributed by atoms with Gasteiger partial charge >= 0.3 is 0 Å². The van der Waals surface area contributed by atoms with E-state index in [2.05, 4.69) is 31.3 Å². The first-order chi connectivity index (χ1) is 18.0. The van der Waals surface area contributed by atoms with Crippen LogP contribution in [0.25, 0.3) is 10.9 Å². The number of amides is 2. The zero-order valence-electron chi connectivity index (χ0n) is 21.2. The molecule has 3 heterocycles. The van der Waals surface area contributed by atoms with Crippen molar-refractivity contribution < 1.29 is 9.59 Å². The summed E-state index contributed by atoms with van der Waals surface area (Å²) >= 11 is 0. The second-order valence-corrected chi connectivity index (χ2v) is 9.75. The predicted octanol–water partition coefficient (Wildman–Crippen LogP) is 4.59. The molecule has 0 saturated heterocycles. The molecule has 2 amide bonds. The van der Waals surface area contributed by atoms with Gasteiger partial charge in [-0.1, -0.05) is 11.6 Å². The van der Waals surface area contributed by atoms with E-state index in [0.717, 1.165) is 46.9 Å². The van der Waals surface area contributed by atoms with Gasteiger partial charge < -0.3 is 15.2 Å². The molecule has 1 unspecified atom stereocenters. The number of aromatic amines is 1. The van der Waals surface area contributed by atoms with Crippen LogP contribution in [-0.4, -0.2) is 42.7 Å². The zero-order valence-corrected chi connectivity index (χ0v) is 21.2. The Balaban J connectivity index is 1.57. The average Bonchev–Trinajstić information content (AvgIpc) is 3.31. The number of nitrogens with one attached hydrogen (secondary N) is 2. The lowest BCUT2D eigenvalue weighted by atomic mass is 9.91. The molecule has 2 atom stereocenters. The van der Waals surface area contributed by atoms with Gasteiger partial charge in [-0.25, -0.2) is 9.97 Å². The Morgan fingerprint density at radius 2 is 1.86 bits per heavy atom. The van der Waals surface area contributed by atoms with E-state index in [1.165, 1.54) is 0 Å². The molecule has 5 rings (SSSR count). The summed E-state index contributed by atoms with van der Waals surface area (Å²) in [5, 5.41) is 4.16. The molecule has 1 aliphatic carbocycles. The molecule has 1 saturated carbocycles. The second kappa shape index (κ2) is 10.9. The Hall–Kier alpha value is -4.07. The van der Waals surface area contributed by atoms with Gasteiger partial charge in [-0.2, -0.15) is 0 Å². The minimum Gasteiger partial charge on any atom is -0.361 e. The molecule has 4 aromatic rings. The van der Waals surface area contributed by atoms with Crippen LogP contribution < -0.4 is 5.32 Å². The van der Waals surface area contributed by atoms with Crippen LogP contribution in [0.2, 0.25) is 0 Å². The minimum atomic E-state index is -0.802. The number of H-pyrrole nitrogens is 1. The van der Waals surface area contributed by atoms with Crippen LogP contribution in [0, 0.1) is 6.92 Å². The lowest BCUT2D eigenvalue weighted by Crippen LogP contribution is -2.49. The zero-order chi connectivity index (χ0) is 25.8. The molecule has 3 aromatic heterocycles. The molecule has 1 aromatic carbocycles. The maximum Gasteiger partial charge on any atom is 0.247 e. The molecule has 8 nitrogen and oxygen atoms in total. The Kier molecular flexibility index (Phi) is 7.25. The normalized spacial score (nSPS) is 15.1. The monoisotopic (exact) mass is 496 g/mol. The highest BCUT2D eigenvalue weighted by Gasteiger charge is 2.38. The van der Waals surface area contributed by atoms with Crippen LogP contribution >= 0.6 is 0 Å². The molecule has 1 fully saturated rings. The number of carbonyl (C=O) groups excluding carboxylic acids is 2. The number of pyridine rings is 1. The lowest BCUT2D eigenvalue weighted by molar-refractivity contribution is -0.144. The summed E-state index contributed by atoms with van der Waals surface area (Å²) in [7, 11) is 0. The molecule has 8 heteroatoms. The van der Waals surface area contributed by atoms with Crippen molar-refractivity contribution in [2.24, 2.45) is 0 Å². The number of hydrogen-bond donors (Lipinski definition) is 2. The van der Waals surface area contributed by atoms with Crippen molar-refractivity contribution in [1.29, 1.82) is 0 Å². The summed E-state index contributed by atoms with van der Waals surface area (Å²) in [6.45, 7) is 4.00. The molecule has 0 radical (unpaired) electrons. The summed E-state index contributed by atoms with van der Waals surface area (Å²) < 4.78 is 0. The van der Waals surface area contributed by atoms with Gasteiger partial charge in [0.1, 0.15) is 11.9 Å². The van der Waals surface area contributed by atoms with Crippen LogP contribution in [0.1, 0.15) is 67.2 Å². The largest absolute Gasteiger partial charge is 0.361 e. The van der Waals surface area contributed by atoms with E-state index in [-0.39, 0.29) is 30.3 Å². The van der Waals surface area contributed by atoms with Crippen LogP contribution in [0.5, 0.6) is 0 Å². The van der Waals surface area contributed by atoms with Gasteiger partial charge in [-0.05, 0) is 69.0 Å². The molecule has 2 N–H and O–H groups in total. The van der Waals surface area contributed by atoms with E-state index < -0.39 is 6.04 Å². The fourth-order valence-corrected chi connectivity index (χ4v) is 4.93. The molecule has 37 heavy (non-hydrogen) atoms. The maximum atomic E-state index is 14.0. The third-order valence-corrected chi connectivity index (χ3v) is 7.22. The van der Waals surface area contributed by atoms with Crippen molar-refractivity contribution >= 4 is 22.7 Å². The van der Waals surface area contributed by atoms with Gasteiger partial charge in [0.15, 0.2) is 0 Å². The molecule has 0 bridgehead atoms. The number of fused-ring (bicyclic) bond motifs is 1. The first-order valence-electron chi connectivity index (χ1n) is 12.9. The van der Waals surface area contributed by atoms with Crippen LogP contribution in [0.4, 0.5) is 0 Å². The van der Waals surface area contributed by atoms with Crippen LogP contribution in [0.3, 0.4) is 0 Å². The van der Waals surface area contributed by atoms with Gasteiger partial charge in [0.2, 0.25) is 11.8 Å². The predicted molar refractivity (Wildman–Crippen MR) is 141 cm³/mol. The highest BCUT2D eigenvalue weighted by atomic mass is 16.2. The van der Waals surface area contributed by atoms with Crippen molar-refractivity contribution in [3.05, 3.63) is 89.9 Å². The number of aryl methyl sites for hydroxylation is 2. The molecular weight excluding hydrogens is 464 g/mol. The highest BCUT2D eigenvalue weighted by Crippen LogP contribution is 2.36. The van der Waals surface area contributed by atoms with Crippen molar-refractivity contribution in [1.82, 2.24) is 30.2 Å². The van der Waals surface area contributed by atoms with E-state index in [4.69, 9.17) is 0 Å². The van der Waals surface area contributed by atoms with Crippen molar-refractivity contribution in [3.63, 3.8) is 0 Å². The Labute approximate surface area is 216 Å². The van der Waals surface area contributed by atoms with E-state index >= 15 is 0 Å². The fourth-order valence-electron chi connectivity index (χ4n) is 4.93. The lowest BCUT2D eigenvalue weighted by Gasteiger charge is -2.38. The minimum absolute atomic E-state index is 0.132. The number of benzene rings is 1. The molecule has 190 valence electrons. The van der Waals surface area contributed by atoms with Crippen molar-refractivity contribution in [3.8, 4) is 0 Å². The van der Waals surface area contributed by atoms with Crippen LogP contribution in [-0.2, 0) is 16.0 Å². The quantitative estimate of drug-likeness (QED) is 0.353. The summed E-state index contributed by atoms with van der Waals surface area (Å²) in [4.78, 5) is 45.7. The third kappa shape index (κ3) is 5.38. The number of aromatic nitrogens is 4. The van der Waals surface area contributed by atoms with Gasteiger partial charge in [-0.3, -0.25) is 14.6 Å². The van der Waals surface area contributed by atoms with E-state index in [1.807, 2.05) is 44.3 Å². The van der Waals surface area contributed by atoms with Crippen molar-refractivity contribution in [2.75, 3.05) is 0 Å². The van der Waals surface area contributed by atoms with Gasteiger partial charge in [0, 0.05) is 66.3 Å². The summed E-state index contributed by atoms with van der Waals surface area (Å²) in [6, 6.07) is 10.6. The van der Waals surface area contributed by atoms with Crippen LogP contribution in [0.15, 0.2) is 67.4 Å². The maximum absolute atomic E-state index is 14.0. The first-order valence-corrected chi connectivity index (χ1v) is 12.9. The summed E-state index contributed by atoms with van der Waals surface area (Å²) in [6.07, 6.45) is 12.3. The number of carbonyl (C=O) groups is 2. The van der Waals surface area contributed by atoms with Gasteiger partial charge in [0.25, 0.3) is 0 Å². The molecule has 0 spiro atoms. The Morgan fingerprint density at radius 3 is 2.57 bits per heavy atom. The van der Waals surface area contributed by atoms with Crippen molar-refractivity contribution in [2.45, 2.75) is 64.1 Å². The van der Waals surface area contributed by atoms with E-state index in [9.17, 15) is 9.59 Å². The third-order valence-electron chi connectivity index (χ3n) is 7.22.